The monoisotopic (exact) mass is 402 g/mol. The van der Waals surface area contributed by atoms with Gasteiger partial charge in [-0.25, -0.2) is 4.39 Å². The molecular weight excluding hydrogens is 379 g/mol. The summed E-state index contributed by atoms with van der Waals surface area (Å²) in [5.74, 6) is -1.04. The molecule has 0 aliphatic carbocycles. The summed E-state index contributed by atoms with van der Waals surface area (Å²) in [5.41, 5.74) is 1.40. The van der Waals surface area contributed by atoms with Crippen LogP contribution in [-0.2, 0) is 4.79 Å². The molecule has 0 aromatic heterocycles. The van der Waals surface area contributed by atoms with Crippen molar-refractivity contribution in [2.75, 3.05) is 19.6 Å². The summed E-state index contributed by atoms with van der Waals surface area (Å²) in [6.07, 6.45) is 1.90. The number of nitrogens with zero attached hydrogens (tertiary/aromatic N) is 1. The number of hydrogen-bond donors (Lipinski definition) is 1. The van der Waals surface area contributed by atoms with Crippen molar-refractivity contribution < 1.29 is 14.0 Å². The first-order valence-corrected chi connectivity index (χ1v) is 9.95. The molecule has 1 N–H and O–H groups in total. The topological polar surface area (TPSA) is 49.4 Å². The first-order chi connectivity index (χ1) is 13.5. The molecule has 3 rings (SSSR count). The van der Waals surface area contributed by atoms with Crippen LogP contribution in [0.15, 0.2) is 48.5 Å². The Labute approximate surface area is 169 Å². The molecule has 2 aromatic rings. The number of unbranched alkanes of at least 4 members (excludes halogenated alkanes) is 1. The molecule has 1 fully saturated rings. The van der Waals surface area contributed by atoms with Crippen molar-refractivity contribution in [3.63, 3.8) is 0 Å². The fraction of sp³-hybridized carbons (Fsp3) is 0.364. The zero-order valence-corrected chi connectivity index (χ0v) is 16.6. The van der Waals surface area contributed by atoms with Gasteiger partial charge in [-0.3, -0.25) is 9.59 Å². The van der Waals surface area contributed by atoms with Crippen LogP contribution in [0.1, 0.15) is 41.6 Å². The number of hydrogen-bond acceptors (Lipinski definition) is 2. The van der Waals surface area contributed by atoms with Crippen LogP contribution in [0.25, 0.3) is 0 Å². The Kier molecular flexibility index (Phi) is 6.68. The van der Waals surface area contributed by atoms with E-state index in [-0.39, 0.29) is 29.5 Å². The summed E-state index contributed by atoms with van der Waals surface area (Å²) in [5, 5.41) is 3.54. The van der Waals surface area contributed by atoms with E-state index in [1.54, 1.807) is 41.3 Å². The fourth-order valence-electron chi connectivity index (χ4n) is 3.58. The normalized spacial score (nSPS) is 18.9. The lowest BCUT2D eigenvalue weighted by atomic mass is 9.88. The van der Waals surface area contributed by atoms with E-state index in [4.69, 9.17) is 11.6 Å². The Balaban J connectivity index is 1.81. The van der Waals surface area contributed by atoms with Crippen LogP contribution in [-0.4, -0.2) is 36.3 Å². The van der Waals surface area contributed by atoms with E-state index in [1.165, 1.54) is 12.1 Å². The Morgan fingerprint density at radius 1 is 1.11 bits per heavy atom. The number of likely N-dealkylation sites (tertiary alicyclic amines) is 1. The van der Waals surface area contributed by atoms with Gasteiger partial charge in [0.25, 0.3) is 5.91 Å². The summed E-state index contributed by atoms with van der Waals surface area (Å²) in [6, 6.07) is 12.9. The summed E-state index contributed by atoms with van der Waals surface area (Å²) >= 11 is 5.91. The molecule has 1 heterocycles. The molecule has 1 aliphatic rings. The van der Waals surface area contributed by atoms with Gasteiger partial charge >= 0.3 is 0 Å². The van der Waals surface area contributed by atoms with Crippen molar-refractivity contribution in [3.8, 4) is 0 Å². The van der Waals surface area contributed by atoms with E-state index in [1.807, 2.05) is 0 Å². The number of carbonyl (C=O) groups is 2. The number of rotatable bonds is 6. The molecule has 148 valence electrons. The van der Waals surface area contributed by atoms with E-state index < -0.39 is 0 Å². The minimum atomic E-state index is -0.362. The summed E-state index contributed by atoms with van der Waals surface area (Å²) in [4.78, 5) is 27.4. The number of amides is 2. The lowest BCUT2D eigenvalue weighted by Crippen LogP contribution is -2.36. The molecule has 6 heteroatoms. The first kappa shape index (κ1) is 20.3. The fourth-order valence-corrected chi connectivity index (χ4v) is 3.70. The smallest absolute Gasteiger partial charge is 0.253 e. The zero-order valence-electron chi connectivity index (χ0n) is 15.8. The molecule has 2 atom stereocenters. The second-order valence-corrected chi connectivity index (χ2v) is 7.56. The molecule has 4 nitrogen and oxygen atoms in total. The molecule has 1 aliphatic heterocycles. The number of carbonyl (C=O) groups excluding carboxylic acids is 2. The molecule has 0 spiro atoms. The minimum Gasteiger partial charge on any atom is -0.356 e. The highest BCUT2D eigenvalue weighted by atomic mass is 35.5. The van der Waals surface area contributed by atoms with Crippen LogP contribution in [0.4, 0.5) is 4.39 Å². The van der Waals surface area contributed by atoms with E-state index in [9.17, 15) is 14.0 Å². The second kappa shape index (κ2) is 9.20. The maximum atomic E-state index is 13.3. The van der Waals surface area contributed by atoms with E-state index >= 15 is 0 Å². The SMILES string of the molecule is CCCCNC(=O)[C@H]1CN(C(=O)c2ccc(Cl)cc2)C[C@@H]1c1ccc(F)cc1. The molecule has 1 saturated heterocycles. The predicted molar refractivity (Wildman–Crippen MR) is 108 cm³/mol. The van der Waals surface area contributed by atoms with Gasteiger partial charge in [-0.1, -0.05) is 37.1 Å². The van der Waals surface area contributed by atoms with Gasteiger partial charge in [0.05, 0.1) is 5.92 Å². The van der Waals surface area contributed by atoms with Crippen LogP contribution < -0.4 is 5.32 Å². The molecule has 28 heavy (non-hydrogen) atoms. The average Bonchev–Trinajstić information content (AvgIpc) is 3.14. The Hall–Kier alpha value is -2.40. The van der Waals surface area contributed by atoms with Gasteiger partial charge in [-0.05, 0) is 48.4 Å². The Morgan fingerprint density at radius 3 is 2.43 bits per heavy atom. The average molecular weight is 403 g/mol. The summed E-state index contributed by atoms with van der Waals surface area (Å²) in [6.45, 7) is 3.43. The van der Waals surface area contributed by atoms with Gasteiger partial charge < -0.3 is 10.2 Å². The first-order valence-electron chi connectivity index (χ1n) is 9.57. The number of nitrogens with one attached hydrogen (secondary N) is 1. The molecular formula is C22H24ClFN2O2. The van der Waals surface area contributed by atoms with Crippen LogP contribution in [0, 0.1) is 11.7 Å². The van der Waals surface area contributed by atoms with Crippen molar-refractivity contribution in [1.82, 2.24) is 10.2 Å². The van der Waals surface area contributed by atoms with E-state index in [0.717, 1.165) is 18.4 Å². The molecule has 0 radical (unpaired) electrons. The van der Waals surface area contributed by atoms with Crippen LogP contribution in [0.5, 0.6) is 0 Å². The third kappa shape index (κ3) is 4.71. The van der Waals surface area contributed by atoms with Gasteiger partial charge in [0.1, 0.15) is 5.82 Å². The van der Waals surface area contributed by atoms with Gasteiger partial charge in [-0.15, -0.1) is 0 Å². The second-order valence-electron chi connectivity index (χ2n) is 7.13. The lowest BCUT2D eigenvalue weighted by molar-refractivity contribution is -0.124. The predicted octanol–water partition coefficient (Wildman–Crippen LogP) is 4.25. The summed E-state index contributed by atoms with van der Waals surface area (Å²) in [7, 11) is 0. The molecule has 2 amide bonds. The minimum absolute atomic E-state index is 0.0609. The summed E-state index contributed by atoms with van der Waals surface area (Å²) < 4.78 is 13.3. The molecule has 2 aromatic carbocycles. The maximum Gasteiger partial charge on any atom is 0.253 e. The molecule has 0 bridgehead atoms. The quantitative estimate of drug-likeness (QED) is 0.734. The highest BCUT2D eigenvalue weighted by Gasteiger charge is 2.40. The maximum absolute atomic E-state index is 13.3. The highest BCUT2D eigenvalue weighted by molar-refractivity contribution is 6.30. The van der Waals surface area contributed by atoms with Crippen molar-refractivity contribution in [1.29, 1.82) is 0 Å². The number of halogens is 2. The van der Waals surface area contributed by atoms with Gasteiger partial charge in [0.15, 0.2) is 0 Å². The Bertz CT molecular complexity index is 823. The third-order valence-corrected chi connectivity index (χ3v) is 5.41. The largest absolute Gasteiger partial charge is 0.356 e. The number of benzene rings is 2. The van der Waals surface area contributed by atoms with Crippen molar-refractivity contribution in [2.45, 2.75) is 25.7 Å². The lowest BCUT2D eigenvalue weighted by Gasteiger charge is -2.18. The molecule has 0 unspecified atom stereocenters. The van der Waals surface area contributed by atoms with Crippen LogP contribution in [0.3, 0.4) is 0 Å². The highest BCUT2D eigenvalue weighted by Crippen LogP contribution is 2.34. The van der Waals surface area contributed by atoms with Crippen LogP contribution >= 0.6 is 11.6 Å². The van der Waals surface area contributed by atoms with Gasteiger partial charge in [-0.2, -0.15) is 0 Å². The van der Waals surface area contributed by atoms with E-state index in [2.05, 4.69) is 12.2 Å². The van der Waals surface area contributed by atoms with Crippen LogP contribution in [0.2, 0.25) is 5.02 Å². The van der Waals surface area contributed by atoms with Gasteiger partial charge in [0, 0.05) is 36.1 Å². The molecule has 0 saturated carbocycles. The van der Waals surface area contributed by atoms with Crippen molar-refractivity contribution in [2.24, 2.45) is 5.92 Å². The van der Waals surface area contributed by atoms with Crippen molar-refractivity contribution in [3.05, 3.63) is 70.5 Å². The van der Waals surface area contributed by atoms with E-state index in [0.29, 0.717) is 30.2 Å². The standard InChI is InChI=1S/C22H24ClFN2O2/c1-2-3-12-25-21(27)20-14-26(22(28)16-4-8-17(23)9-5-16)13-19(20)15-6-10-18(24)11-7-15/h4-11,19-20H,2-3,12-14H2,1H3,(H,25,27)/t19-,20+/m1/s1. The van der Waals surface area contributed by atoms with Gasteiger partial charge in [0.2, 0.25) is 5.91 Å². The Morgan fingerprint density at radius 2 is 1.79 bits per heavy atom. The zero-order chi connectivity index (χ0) is 20.1. The third-order valence-electron chi connectivity index (χ3n) is 5.16. The van der Waals surface area contributed by atoms with Crippen molar-refractivity contribution >= 4 is 23.4 Å².